The molecule has 0 unspecified atom stereocenters. The van der Waals surface area contributed by atoms with E-state index in [4.69, 9.17) is 4.74 Å². The molecule has 5 heteroatoms. The summed E-state index contributed by atoms with van der Waals surface area (Å²) in [5.41, 5.74) is 4.37. The van der Waals surface area contributed by atoms with Gasteiger partial charge in [0, 0.05) is 23.6 Å². The predicted octanol–water partition coefficient (Wildman–Crippen LogP) is 6.38. The van der Waals surface area contributed by atoms with Crippen molar-refractivity contribution in [2.75, 3.05) is 11.9 Å². The minimum Gasteiger partial charge on any atom is -0.510 e. The molecule has 0 aliphatic carbocycles. The third-order valence-corrected chi connectivity index (χ3v) is 5.80. The van der Waals surface area contributed by atoms with E-state index in [1.165, 1.54) is 10.9 Å². The Bertz CT molecular complexity index is 1480. The van der Waals surface area contributed by atoms with Gasteiger partial charge in [0.1, 0.15) is 0 Å². The van der Waals surface area contributed by atoms with E-state index in [-0.39, 0.29) is 21.1 Å². The number of benzene rings is 4. The Morgan fingerprint density at radius 3 is 2.56 bits per heavy atom. The number of fused-ring (bicyclic) bond motifs is 3. The molecule has 5 aromatic rings. The van der Waals surface area contributed by atoms with Crippen LogP contribution in [0.3, 0.4) is 0 Å². The SMILES string of the molecule is CN1C=CN(c2[c-]c(Oc3[c-]cc4c(c3)c3ccccc3n4Cc3[c-]cccc3)ccc2)[CH-]1.[Pt+4]. The van der Waals surface area contributed by atoms with Gasteiger partial charge in [-0.15, -0.1) is 47.6 Å². The van der Waals surface area contributed by atoms with Crippen molar-refractivity contribution in [3.63, 3.8) is 0 Å². The summed E-state index contributed by atoms with van der Waals surface area (Å²) >= 11 is 0. The van der Waals surface area contributed by atoms with Gasteiger partial charge in [-0.2, -0.15) is 43.1 Å². The largest absolute Gasteiger partial charge is 4.00 e. The van der Waals surface area contributed by atoms with Crippen molar-refractivity contribution in [3.8, 4) is 11.5 Å². The van der Waals surface area contributed by atoms with Crippen LogP contribution >= 0.6 is 0 Å². The van der Waals surface area contributed by atoms with Crippen LogP contribution in [0.5, 0.6) is 11.5 Å². The van der Waals surface area contributed by atoms with Crippen LogP contribution in [0, 0.1) is 24.9 Å². The van der Waals surface area contributed by atoms with Crippen LogP contribution in [-0.2, 0) is 27.6 Å². The molecular formula is C29H21N3OPt. The standard InChI is InChI=1S/C29H21N3O.Pt/c1-30-16-17-31(21-30)23-10-7-11-24(18-23)33-25-14-15-29-27(19-25)26-12-5-6-13-28(26)32(29)20-22-8-3-2-4-9-22;/h2-8,10-13,15-17,19,21H,20H2,1H3;/q-4;+4. The van der Waals surface area contributed by atoms with Gasteiger partial charge in [-0.3, -0.25) is 0 Å². The Morgan fingerprint density at radius 1 is 0.853 bits per heavy atom. The molecule has 0 radical (unpaired) electrons. The Hall–Kier alpha value is -3.49. The van der Waals surface area contributed by atoms with Crippen LogP contribution in [0.25, 0.3) is 21.8 Å². The summed E-state index contributed by atoms with van der Waals surface area (Å²) in [5.74, 6) is 1.32. The second-order valence-electron chi connectivity index (χ2n) is 8.08. The second-order valence-corrected chi connectivity index (χ2v) is 8.08. The van der Waals surface area contributed by atoms with E-state index in [1.54, 1.807) is 0 Å². The molecule has 6 rings (SSSR count). The van der Waals surface area contributed by atoms with E-state index in [2.05, 4.69) is 65.2 Å². The number of ether oxygens (including phenoxy) is 1. The Balaban J connectivity index is 0.00000241. The van der Waals surface area contributed by atoms with Gasteiger partial charge in [0.05, 0.1) is 0 Å². The number of aromatic nitrogens is 1. The summed E-state index contributed by atoms with van der Waals surface area (Å²) in [6.45, 7) is 2.75. The molecule has 168 valence electrons. The molecule has 0 fully saturated rings. The molecule has 1 aliphatic heterocycles. The average Bonchev–Trinajstić information content (AvgIpc) is 3.42. The van der Waals surface area contributed by atoms with Crippen molar-refractivity contribution in [1.82, 2.24) is 9.47 Å². The van der Waals surface area contributed by atoms with Gasteiger partial charge in [-0.1, -0.05) is 29.1 Å². The van der Waals surface area contributed by atoms with Crippen LogP contribution in [0.4, 0.5) is 5.69 Å². The first-order valence-corrected chi connectivity index (χ1v) is 10.9. The fourth-order valence-corrected chi connectivity index (χ4v) is 4.26. The second kappa shape index (κ2) is 9.40. The van der Waals surface area contributed by atoms with Crippen LogP contribution in [0.2, 0.25) is 0 Å². The maximum absolute atomic E-state index is 6.19. The molecule has 0 saturated carbocycles. The normalized spacial score (nSPS) is 13.0. The number of para-hydroxylation sites is 1. The molecule has 1 aliphatic rings. The van der Waals surface area contributed by atoms with Gasteiger partial charge >= 0.3 is 21.1 Å². The van der Waals surface area contributed by atoms with E-state index >= 15 is 0 Å². The van der Waals surface area contributed by atoms with Crippen LogP contribution in [0.15, 0.2) is 91.3 Å². The van der Waals surface area contributed by atoms with Crippen molar-refractivity contribution in [3.05, 3.63) is 122 Å². The molecule has 0 N–H and O–H groups in total. The van der Waals surface area contributed by atoms with Crippen molar-refractivity contribution in [2.24, 2.45) is 0 Å². The summed E-state index contributed by atoms with van der Waals surface area (Å²) < 4.78 is 8.50. The summed E-state index contributed by atoms with van der Waals surface area (Å²) in [6, 6.07) is 36.6. The van der Waals surface area contributed by atoms with Crippen LogP contribution < -0.4 is 9.64 Å². The first kappa shape index (κ1) is 22.3. The molecule has 4 aromatic carbocycles. The summed E-state index contributed by atoms with van der Waals surface area (Å²) in [5, 5.41) is 2.34. The third kappa shape index (κ3) is 4.22. The summed E-state index contributed by atoms with van der Waals surface area (Å²) in [7, 11) is 1.99. The molecule has 34 heavy (non-hydrogen) atoms. The van der Waals surface area contributed by atoms with Crippen molar-refractivity contribution < 1.29 is 25.8 Å². The summed E-state index contributed by atoms with van der Waals surface area (Å²) in [4.78, 5) is 4.00. The van der Waals surface area contributed by atoms with E-state index < -0.39 is 0 Å². The predicted molar refractivity (Wildman–Crippen MR) is 132 cm³/mol. The zero-order valence-electron chi connectivity index (χ0n) is 18.5. The number of hydrogen-bond acceptors (Lipinski definition) is 3. The molecule has 0 saturated heterocycles. The number of anilines is 1. The molecule has 0 amide bonds. The fraction of sp³-hybridized carbons (Fsp3) is 0.0690. The van der Waals surface area contributed by atoms with E-state index in [0.29, 0.717) is 11.5 Å². The van der Waals surface area contributed by atoms with Crippen molar-refractivity contribution in [2.45, 2.75) is 6.54 Å². The topological polar surface area (TPSA) is 20.6 Å². The smallest absolute Gasteiger partial charge is 0.510 e. The minimum absolute atomic E-state index is 0. The average molecular weight is 623 g/mol. The van der Waals surface area contributed by atoms with Gasteiger partial charge in [-0.05, 0) is 30.9 Å². The maximum Gasteiger partial charge on any atom is 4.00 e. The van der Waals surface area contributed by atoms with Crippen LogP contribution in [-0.4, -0.2) is 16.5 Å². The first-order chi connectivity index (χ1) is 16.2. The van der Waals surface area contributed by atoms with Gasteiger partial charge < -0.3 is 19.1 Å². The van der Waals surface area contributed by atoms with Crippen LogP contribution in [0.1, 0.15) is 5.56 Å². The first-order valence-electron chi connectivity index (χ1n) is 10.9. The number of hydrogen-bond donors (Lipinski definition) is 0. The quantitative estimate of drug-likeness (QED) is 0.213. The van der Waals surface area contributed by atoms with Gasteiger partial charge in [0.15, 0.2) is 0 Å². The zero-order chi connectivity index (χ0) is 22.2. The number of rotatable bonds is 5. The molecule has 4 nitrogen and oxygen atoms in total. The molecule has 2 heterocycles. The third-order valence-electron chi connectivity index (χ3n) is 5.80. The summed E-state index contributed by atoms with van der Waals surface area (Å²) in [6.07, 6.45) is 3.98. The molecule has 0 bridgehead atoms. The number of nitrogens with zero attached hydrogens (tertiary/aromatic N) is 3. The molecule has 0 atom stereocenters. The monoisotopic (exact) mass is 622 g/mol. The van der Waals surface area contributed by atoms with E-state index in [9.17, 15) is 0 Å². The Morgan fingerprint density at radius 2 is 1.74 bits per heavy atom. The zero-order valence-corrected chi connectivity index (χ0v) is 20.8. The van der Waals surface area contributed by atoms with Gasteiger partial charge in [-0.25, -0.2) is 0 Å². The Kier molecular flexibility index (Phi) is 6.17. The van der Waals surface area contributed by atoms with Crippen molar-refractivity contribution >= 4 is 27.5 Å². The van der Waals surface area contributed by atoms with E-state index in [0.717, 1.165) is 28.7 Å². The maximum atomic E-state index is 6.19. The Labute approximate surface area is 213 Å². The van der Waals surface area contributed by atoms with Crippen molar-refractivity contribution in [1.29, 1.82) is 0 Å². The minimum atomic E-state index is 0. The fourth-order valence-electron chi connectivity index (χ4n) is 4.26. The van der Waals surface area contributed by atoms with Gasteiger partial charge in [0.2, 0.25) is 0 Å². The molecule has 1 aromatic heterocycles. The molecular weight excluding hydrogens is 601 g/mol. The molecule has 0 spiro atoms. The van der Waals surface area contributed by atoms with E-state index in [1.807, 2.05) is 72.3 Å². The van der Waals surface area contributed by atoms with Gasteiger partial charge in [0.25, 0.3) is 0 Å².